The normalized spacial score (nSPS) is 17.1. The number of aryl methyl sites for hydroxylation is 1. The summed E-state index contributed by atoms with van der Waals surface area (Å²) in [5.74, 6) is 1.73. The van der Waals surface area contributed by atoms with E-state index in [2.05, 4.69) is 55.0 Å². The third-order valence-corrected chi connectivity index (χ3v) is 4.40. The van der Waals surface area contributed by atoms with E-state index in [1.54, 1.807) is 0 Å². The molecule has 0 atom stereocenters. The van der Waals surface area contributed by atoms with E-state index in [-0.39, 0.29) is 0 Å². The number of ether oxygens (including phenoxy) is 1. The highest BCUT2D eigenvalue weighted by molar-refractivity contribution is 5.28. The van der Waals surface area contributed by atoms with E-state index in [0.29, 0.717) is 5.92 Å². The lowest BCUT2D eigenvalue weighted by molar-refractivity contribution is 0.153. The SMILES string of the molecule is CC(C)CCOc1cccc(CCCN2CCN(C)CC2)c1. The van der Waals surface area contributed by atoms with Crippen LogP contribution < -0.4 is 4.74 Å². The fourth-order valence-electron chi connectivity index (χ4n) is 2.78. The smallest absolute Gasteiger partial charge is 0.119 e. The highest BCUT2D eigenvalue weighted by Crippen LogP contribution is 2.16. The molecule has 0 saturated carbocycles. The summed E-state index contributed by atoms with van der Waals surface area (Å²) in [5.41, 5.74) is 1.40. The van der Waals surface area contributed by atoms with Gasteiger partial charge in [0.1, 0.15) is 5.75 Å². The monoisotopic (exact) mass is 304 g/mol. The van der Waals surface area contributed by atoms with Crippen LogP contribution in [0.15, 0.2) is 24.3 Å². The van der Waals surface area contributed by atoms with Gasteiger partial charge in [0, 0.05) is 26.2 Å². The summed E-state index contributed by atoms with van der Waals surface area (Å²) < 4.78 is 5.85. The van der Waals surface area contributed by atoms with Crippen LogP contribution in [0.5, 0.6) is 5.75 Å². The number of rotatable bonds is 8. The summed E-state index contributed by atoms with van der Waals surface area (Å²) in [6.07, 6.45) is 3.50. The molecule has 0 aromatic heterocycles. The Labute approximate surface area is 136 Å². The van der Waals surface area contributed by atoms with E-state index >= 15 is 0 Å². The zero-order valence-corrected chi connectivity index (χ0v) is 14.6. The zero-order chi connectivity index (χ0) is 15.8. The van der Waals surface area contributed by atoms with Crippen molar-refractivity contribution in [2.45, 2.75) is 33.1 Å². The maximum Gasteiger partial charge on any atom is 0.119 e. The number of benzene rings is 1. The van der Waals surface area contributed by atoms with Crippen LogP contribution in [0.3, 0.4) is 0 Å². The van der Waals surface area contributed by atoms with E-state index in [4.69, 9.17) is 4.74 Å². The fourth-order valence-corrected chi connectivity index (χ4v) is 2.78. The van der Waals surface area contributed by atoms with Crippen LogP contribution >= 0.6 is 0 Å². The maximum atomic E-state index is 5.85. The third-order valence-electron chi connectivity index (χ3n) is 4.40. The molecule has 1 aliphatic rings. The van der Waals surface area contributed by atoms with Gasteiger partial charge in [-0.3, -0.25) is 0 Å². The molecule has 1 saturated heterocycles. The molecule has 0 aliphatic carbocycles. The minimum absolute atomic E-state index is 0.701. The molecule has 1 fully saturated rings. The average Bonchev–Trinajstić information content (AvgIpc) is 2.49. The van der Waals surface area contributed by atoms with Gasteiger partial charge >= 0.3 is 0 Å². The number of likely N-dealkylation sites (N-methyl/N-ethyl adjacent to an activating group) is 1. The van der Waals surface area contributed by atoms with Crippen molar-refractivity contribution in [1.29, 1.82) is 0 Å². The summed E-state index contributed by atoms with van der Waals surface area (Å²) in [6.45, 7) is 11.4. The molecule has 1 heterocycles. The van der Waals surface area contributed by atoms with Crippen molar-refractivity contribution < 1.29 is 4.74 Å². The molecule has 0 bridgehead atoms. The van der Waals surface area contributed by atoms with Crippen LogP contribution in [0.4, 0.5) is 0 Å². The van der Waals surface area contributed by atoms with Gasteiger partial charge in [0.05, 0.1) is 6.61 Å². The van der Waals surface area contributed by atoms with Gasteiger partial charge in [-0.05, 0) is 56.5 Å². The Morgan fingerprint density at radius 2 is 1.91 bits per heavy atom. The molecule has 1 aliphatic heterocycles. The molecule has 22 heavy (non-hydrogen) atoms. The molecule has 124 valence electrons. The van der Waals surface area contributed by atoms with Gasteiger partial charge in [0.25, 0.3) is 0 Å². The minimum Gasteiger partial charge on any atom is -0.494 e. The van der Waals surface area contributed by atoms with Crippen molar-refractivity contribution in [1.82, 2.24) is 9.80 Å². The van der Waals surface area contributed by atoms with Gasteiger partial charge in [0.2, 0.25) is 0 Å². The predicted molar refractivity (Wildman–Crippen MR) is 93.7 cm³/mol. The van der Waals surface area contributed by atoms with Gasteiger partial charge in [0.15, 0.2) is 0 Å². The Kier molecular flexibility index (Phi) is 7.20. The highest BCUT2D eigenvalue weighted by Gasteiger charge is 2.12. The van der Waals surface area contributed by atoms with Crippen LogP contribution in [0, 0.1) is 5.92 Å². The topological polar surface area (TPSA) is 15.7 Å². The van der Waals surface area contributed by atoms with Crippen molar-refractivity contribution in [2.75, 3.05) is 46.4 Å². The number of nitrogens with zero attached hydrogens (tertiary/aromatic N) is 2. The van der Waals surface area contributed by atoms with Gasteiger partial charge in [-0.25, -0.2) is 0 Å². The number of hydrogen-bond donors (Lipinski definition) is 0. The van der Waals surface area contributed by atoms with Crippen LogP contribution in [-0.4, -0.2) is 56.2 Å². The number of hydrogen-bond acceptors (Lipinski definition) is 3. The predicted octanol–water partition coefficient (Wildman–Crippen LogP) is 3.29. The van der Waals surface area contributed by atoms with E-state index in [9.17, 15) is 0 Å². The molecule has 1 aromatic rings. The third kappa shape index (κ3) is 6.37. The van der Waals surface area contributed by atoms with Crippen LogP contribution in [0.1, 0.15) is 32.3 Å². The van der Waals surface area contributed by atoms with Crippen molar-refractivity contribution in [3.8, 4) is 5.75 Å². The Morgan fingerprint density at radius 3 is 2.64 bits per heavy atom. The van der Waals surface area contributed by atoms with E-state index < -0.39 is 0 Å². The van der Waals surface area contributed by atoms with Crippen molar-refractivity contribution in [3.05, 3.63) is 29.8 Å². The largest absolute Gasteiger partial charge is 0.494 e. The maximum absolute atomic E-state index is 5.85. The van der Waals surface area contributed by atoms with Gasteiger partial charge < -0.3 is 14.5 Å². The second-order valence-corrected chi connectivity index (χ2v) is 6.93. The van der Waals surface area contributed by atoms with E-state index in [1.165, 1.54) is 44.7 Å². The Morgan fingerprint density at radius 1 is 1.14 bits per heavy atom. The highest BCUT2D eigenvalue weighted by atomic mass is 16.5. The molecule has 1 aromatic carbocycles. The molecular weight excluding hydrogens is 272 g/mol. The lowest BCUT2D eigenvalue weighted by Crippen LogP contribution is -2.44. The minimum atomic E-state index is 0.701. The lowest BCUT2D eigenvalue weighted by Gasteiger charge is -2.32. The molecule has 0 amide bonds. The summed E-state index contributed by atoms with van der Waals surface area (Å²) in [6, 6.07) is 8.63. The quantitative estimate of drug-likeness (QED) is 0.733. The van der Waals surface area contributed by atoms with Crippen molar-refractivity contribution in [3.63, 3.8) is 0 Å². The van der Waals surface area contributed by atoms with Crippen molar-refractivity contribution >= 4 is 0 Å². The Hall–Kier alpha value is -1.06. The van der Waals surface area contributed by atoms with Gasteiger partial charge in [-0.1, -0.05) is 26.0 Å². The van der Waals surface area contributed by atoms with Crippen LogP contribution in [0.2, 0.25) is 0 Å². The molecule has 0 spiro atoms. The molecule has 3 nitrogen and oxygen atoms in total. The van der Waals surface area contributed by atoms with E-state index in [1.807, 2.05) is 0 Å². The lowest BCUT2D eigenvalue weighted by atomic mass is 10.1. The van der Waals surface area contributed by atoms with Gasteiger partial charge in [-0.2, -0.15) is 0 Å². The van der Waals surface area contributed by atoms with E-state index in [0.717, 1.165) is 25.2 Å². The first-order valence-corrected chi connectivity index (χ1v) is 8.76. The molecule has 0 N–H and O–H groups in total. The van der Waals surface area contributed by atoms with Crippen LogP contribution in [0.25, 0.3) is 0 Å². The zero-order valence-electron chi connectivity index (χ0n) is 14.6. The average molecular weight is 304 g/mol. The molecule has 2 rings (SSSR count). The molecule has 0 unspecified atom stereocenters. The molecule has 0 radical (unpaired) electrons. The Balaban J connectivity index is 1.69. The standard InChI is InChI=1S/C19H32N2O/c1-17(2)9-15-22-19-8-4-6-18(16-19)7-5-10-21-13-11-20(3)12-14-21/h4,6,8,16-17H,5,7,9-15H2,1-3H3. The molecule has 3 heteroatoms. The summed E-state index contributed by atoms with van der Waals surface area (Å²) in [5, 5.41) is 0. The first-order valence-electron chi connectivity index (χ1n) is 8.76. The van der Waals surface area contributed by atoms with Crippen LogP contribution in [-0.2, 0) is 6.42 Å². The second-order valence-electron chi connectivity index (χ2n) is 6.93. The second kappa shape index (κ2) is 9.16. The Bertz CT molecular complexity index is 425. The molecular formula is C19H32N2O. The summed E-state index contributed by atoms with van der Waals surface area (Å²) in [4.78, 5) is 5.00. The fraction of sp³-hybridized carbons (Fsp3) is 0.684. The summed E-state index contributed by atoms with van der Waals surface area (Å²) >= 11 is 0. The number of piperazine rings is 1. The summed E-state index contributed by atoms with van der Waals surface area (Å²) in [7, 11) is 2.21. The first kappa shape index (κ1) is 17.3. The first-order chi connectivity index (χ1) is 10.6. The van der Waals surface area contributed by atoms with Crippen molar-refractivity contribution in [2.24, 2.45) is 5.92 Å². The van der Waals surface area contributed by atoms with Gasteiger partial charge in [-0.15, -0.1) is 0 Å².